The van der Waals surface area contributed by atoms with Crippen molar-refractivity contribution in [3.63, 3.8) is 0 Å². The van der Waals surface area contributed by atoms with Crippen LogP contribution in [0.2, 0.25) is 0 Å². The molecule has 0 amide bonds. The number of hydrogen-bond acceptors (Lipinski definition) is 4. The van der Waals surface area contributed by atoms with E-state index in [9.17, 15) is 5.11 Å². The van der Waals surface area contributed by atoms with Gasteiger partial charge in [-0.25, -0.2) is 0 Å². The van der Waals surface area contributed by atoms with Crippen molar-refractivity contribution in [2.45, 2.75) is 51.0 Å². The predicted octanol–water partition coefficient (Wildman–Crippen LogP) is 1.56. The molecule has 1 rings (SSSR count). The second-order valence-electron chi connectivity index (χ2n) is 6.35. The van der Waals surface area contributed by atoms with E-state index < -0.39 is 5.60 Å². The number of thioether (sulfide) groups is 1. The molecule has 4 heteroatoms. The first kappa shape index (κ1) is 15.3. The molecule has 3 nitrogen and oxygen atoms in total. The van der Waals surface area contributed by atoms with Crippen LogP contribution >= 0.6 is 11.8 Å². The molecule has 1 unspecified atom stereocenters. The molecule has 0 saturated carbocycles. The van der Waals surface area contributed by atoms with Crippen molar-refractivity contribution >= 4 is 11.8 Å². The summed E-state index contributed by atoms with van der Waals surface area (Å²) in [6, 6.07) is 0.426. The monoisotopic (exact) mass is 260 g/mol. The molecule has 0 radical (unpaired) electrons. The Morgan fingerprint density at radius 1 is 1.47 bits per heavy atom. The normalized spacial score (nSPS) is 24.9. The Morgan fingerprint density at radius 2 is 2.12 bits per heavy atom. The third-order valence-electron chi connectivity index (χ3n) is 2.96. The molecule has 0 aromatic carbocycles. The minimum Gasteiger partial charge on any atom is -0.388 e. The lowest BCUT2D eigenvalue weighted by Gasteiger charge is -2.40. The molecular formula is C13H28N2OS. The van der Waals surface area contributed by atoms with Crippen LogP contribution in [0.25, 0.3) is 0 Å². The van der Waals surface area contributed by atoms with Crippen LogP contribution in [0.3, 0.4) is 0 Å². The highest BCUT2D eigenvalue weighted by molar-refractivity contribution is 8.00. The van der Waals surface area contributed by atoms with Gasteiger partial charge in [0.05, 0.1) is 5.60 Å². The van der Waals surface area contributed by atoms with Gasteiger partial charge in [-0.1, -0.05) is 13.8 Å². The summed E-state index contributed by atoms with van der Waals surface area (Å²) in [6.45, 7) is 14.3. The highest BCUT2D eigenvalue weighted by Crippen LogP contribution is 2.29. The molecule has 1 aliphatic heterocycles. The van der Waals surface area contributed by atoms with E-state index in [0.717, 1.165) is 19.6 Å². The maximum atomic E-state index is 10.4. The third kappa shape index (κ3) is 6.09. The van der Waals surface area contributed by atoms with E-state index in [1.165, 1.54) is 5.75 Å². The SMILES string of the molecule is CC(C)NCC(C)(O)CN1CCSC(C)(C)C1. The summed E-state index contributed by atoms with van der Waals surface area (Å²) < 4.78 is 0.319. The van der Waals surface area contributed by atoms with Gasteiger partial charge in [-0.05, 0) is 20.8 Å². The Morgan fingerprint density at radius 3 is 2.65 bits per heavy atom. The van der Waals surface area contributed by atoms with Crippen LogP contribution in [-0.2, 0) is 0 Å². The molecule has 2 N–H and O–H groups in total. The Labute approximate surface area is 110 Å². The molecule has 0 spiro atoms. The first-order valence-corrected chi connectivity index (χ1v) is 7.51. The van der Waals surface area contributed by atoms with Gasteiger partial charge in [0.25, 0.3) is 0 Å². The van der Waals surface area contributed by atoms with Crippen LogP contribution in [0, 0.1) is 0 Å². The van der Waals surface area contributed by atoms with E-state index in [4.69, 9.17) is 0 Å². The minimum atomic E-state index is -0.637. The zero-order chi connectivity index (χ0) is 13.1. The molecule has 1 saturated heterocycles. The number of nitrogens with zero attached hydrogens (tertiary/aromatic N) is 1. The Balaban J connectivity index is 2.41. The summed E-state index contributed by atoms with van der Waals surface area (Å²) >= 11 is 2.03. The van der Waals surface area contributed by atoms with Gasteiger partial charge in [-0.3, -0.25) is 4.90 Å². The number of nitrogens with one attached hydrogen (secondary N) is 1. The quantitative estimate of drug-likeness (QED) is 0.786. The highest BCUT2D eigenvalue weighted by Gasteiger charge is 2.31. The van der Waals surface area contributed by atoms with E-state index in [2.05, 4.69) is 37.9 Å². The second kappa shape index (κ2) is 5.91. The maximum absolute atomic E-state index is 10.4. The molecule has 0 aliphatic carbocycles. The average Bonchev–Trinajstić information content (AvgIpc) is 2.12. The molecule has 1 atom stereocenters. The summed E-state index contributed by atoms with van der Waals surface area (Å²) in [7, 11) is 0. The summed E-state index contributed by atoms with van der Waals surface area (Å²) in [5.41, 5.74) is -0.637. The number of aliphatic hydroxyl groups is 1. The van der Waals surface area contributed by atoms with Crippen LogP contribution < -0.4 is 5.32 Å². The van der Waals surface area contributed by atoms with E-state index in [0.29, 0.717) is 17.3 Å². The van der Waals surface area contributed by atoms with Gasteiger partial charge in [0, 0.05) is 42.7 Å². The van der Waals surface area contributed by atoms with Crippen molar-refractivity contribution in [2.24, 2.45) is 0 Å². The van der Waals surface area contributed by atoms with Gasteiger partial charge in [-0.15, -0.1) is 0 Å². The van der Waals surface area contributed by atoms with Gasteiger partial charge in [0.1, 0.15) is 0 Å². The molecule has 1 heterocycles. The average molecular weight is 260 g/mol. The standard InChI is InChI=1S/C13H28N2OS/c1-11(2)14-8-13(5,16)10-15-6-7-17-12(3,4)9-15/h11,14,16H,6-10H2,1-5H3. The maximum Gasteiger partial charge on any atom is 0.0869 e. The summed E-state index contributed by atoms with van der Waals surface area (Å²) in [5, 5.41) is 13.7. The summed E-state index contributed by atoms with van der Waals surface area (Å²) in [4.78, 5) is 2.39. The smallest absolute Gasteiger partial charge is 0.0869 e. The summed E-state index contributed by atoms with van der Waals surface area (Å²) in [6.07, 6.45) is 0. The van der Waals surface area contributed by atoms with Gasteiger partial charge in [0.15, 0.2) is 0 Å². The van der Waals surface area contributed by atoms with Crippen LogP contribution in [0.1, 0.15) is 34.6 Å². The lowest BCUT2D eigenvalue weighted by atomic mass is 10.0. The van der Waals surface area contributed by atoms with Crippen molar-refractivity contribution in [1.29, 1.82) is 0 Å². The van der Waals surface area contributed by atoms with Crippen molar-refractivity contribution in [1.82, 2.24) is 10.2 Å². The van der Waals surface area contributed by atoms with E-state index in [1.54, 1.807) is 0 Å². The van der Waals surface area contributed by atoms with Crippen LogP contribution in [-0.4, -0.2) is 58.3 Å². The zero-order valence-electron chi connectivity index (χ0n) is 11.9. The first-order valence-electron chi connectivity index (χ1n) is 6.52. The van der Waals surface area contributed by atoms with E-state index >= 15 is 0 Å². The fourth-order valence-electron chi connectivity index (χ4n) is 2.21. The Hall–Kier alpha value is 0.230. The van der Waals surface area contributed by atoms with Gasteiger partial charge in [0.2, 0.25) is 0 Å². The summed E-state index contributed by atoms with van der Waals surface area (Å²) in [5.74, 6) is 1.17. The molecule has 1 aliphatic rings. The lowest BCUT2D eigenvalue weighted by molar-refractivity contribution is 0.0175. The molecule has 102 valence electrons. The van der Waals surface area contributed by atoms with Crippen molar-refractivity contribution < 1.29 is 5.11 Å². The predicted molar refractivity (Wildman–Crippen MR) is 76.7 cm³/mol. The number of rotatable bonds is 5. The zero-order valence-corrected chi connectivity index (χ0v) is 12.7. The molecular weight excluding hydrogens is 232 g/mol. The van der Waals surface area contributed by atoms with Crippen molar-refractivity contribution in [3.8, 4) is 0 Å². The van der Waals surface area contributed by atoms with Crippen LogP contribution in [0.4, 0.5) is 0 Å². The largest absolute Gasteiger partial charge is 0.388 e. The Kier molecular flexibility index (Phi) is 5.32. The molecule has 17 heavy (non-hydrogen) atoms. The highest BCUT2D eigenvalue weighted by atomic mass is 32.2. The van der Waals surface area contributed by atoms with Gasteiger partial charge >= 0.3 is 0 Å². The van der Waals surface area contributed by atoms with Crippen molar-refractivity contribution in [3.05, 3.63) is 0 Å². The molecule has 1 fully saturated rings. The molecule has 0 aromatic rings. The first-order chi connectivity index (χ1) is 7.70. The van der Waals surface area contributed by atoms with E-state index in [-0.39, 0.29) is 0 Å². The molecule has 0 bridgehead atoms. The topological polar surface area (TPSA) is 35.5 Å². The Bertz CT molecular complexity index is 242. The molecule has 0 aromatic heterocycles. The second-order valence-corrected chi connectivity index (χ2v) is 8.15. The minimum absolute atomic E-state index is 0.319. The van der Waals surface area contributed by atoms with Gasteiger partial charge < -0.3 is 10.4 Å². The van der Waals surface area contributed by atoms with Crippen molar-refractivity contribution in [2.75, 3.05) is 31.9 Å². The lowest BCUT2D eigenvalue weighted by Crippen LogP contribution is -2.53. The van der Waals surface area contributed by atoms with Crippen LogP contribution in [0.15, 0.2) is 0 Å². The third-order valence-corrected chi connectivity index (χ3v) is 4.26. The van der Waals surface area contributed by atoms with Gasteiger partial charge in [-0.2, -0.15) is 11.8 Å². The van der Waals surface area contributed by atoms with E-state index in [1.807, 2.05) is 18.7 Å². The fourth-order valence-corrected chi connectivity index (χ4v) is 3.39. The fraction of sp³-hybridized carbons (Fsp3) is 1.00. The van der Waals surface area contributed by atoms with Crippen LogP contribution in [0.5, 0.6) is 0 Å². The number of hydrogen-bond donors (Lipinski definition) is 2. The number of β-amino-alcohol motifs (C(OH)–C–C–N with tert-alkyl or cyclic N) is 1.